The zero-order valence-corrected chi connectivity index (χ0v) is 15.7. The lowest BCUT2D eigenvalue weighted by Crippen LogP contribution is -2.13. The normalized spacial score (nSPS) is 10.6. The maximum absolute atomic E-state index is 12.6. The van der Waals surface area contributed by atoms with E-state index in [2.05, 4.69) is 5.32 Å². The molecule has 0 saturated carbocycles. The van der Waals surface area contributed by atoms with Crippen LogP contribution < -0.4 is 10.1 Å². The molecule has 0 saturated heterocycles. The van der Waals surface area contributed by atoms with Crippen LogP contribution in [0.3, 0.4) is 0 Å². The molecule has 134 valence electrons. The van der Waals surface area contributed by atoms with E-state index < -0.39 is 5.97 Å². The van der Waals surface area contributed by atoms with Crippen molar-refractivity contribution in [3.63, 3.8) is 0 Å². The van der Waals surface area contributed by atoms with Gasteiger partial charge in [0.05, 0.1) is 19.3 Å². The molecular formula is C19H23NO4S. The summed E-state index contributed by atoms with van der Waals surface area (Å²) in [5.41, 5.74) is 0.854. The van der Waals surface area contributed by atoms with Crippen molar-refractivity contribution in [3.05, 3.63) is 46.3 Å². The van der Waals surface area contributed by atoms with Gasteiger partial charge in [-0.1, -0.05) is 26.8 Å². The molecule has 0 bridgehead atoms. The van der Waals surface area contributed by atoms with Crippen molar-refractivity contribution < 1.29 is 19.1 Å². The molecule has 0 aliphatic carbocycles. The lowest BCUT2D eigenvalue weighted by atomic mass is 10.1. The Hall–Kier alpha value is -2.34. The van der Waals surface area contributed by atoms with Gasteiger partial charge in [-0.05, 0) is 36.6 Å². The van der Waals surface area contributed by atoms with Crippen LogP contribution in [-0.2, 0) is 4.74 Å². The van der Waals surface area contributed by atoms with Gasteiger partial charge in [0, 0.05) is 10.4 Å². The highest BCUT2D eigenvalue weighted by atomic mass is 32.1. The van der Waals surface area contributed by atoms with Gasteiger partial charge in [0.2, 0.25) is 0 Å². The maximum atomic E-state index is 12.6. The second-order valence-electron chi connectivity index (χ2n) is 5.87. The van der Waals surface area contributed by atoms with Crippen LogP contribution in [0.15, 0.2) is 30.3 Å². The van der Waals surface area contributed by atoms with Crippen LogP contribution in [0.5, 0.6) is 5.75 Å². The molecule has 5 nitrogen and oxygen atoms in total. The third-order valence-electron chi connectivity index (χ3n) is 3.52. The molecule has 1 aromatic heterocycles. The summed E-state index contributed by atoms with van der Waals surface area (Å²) in [4.78, 5) is 25.6. The monoisotopic (exact) mass is 361 g/mol. The molecule has 0 aliphatic heterocycles. The molecule has 0 fully saturated rings. The topological polar surface area (TPSA) is 64.6 Å². The molecule has 2 rings (SSSR count). The number of benzene rings is 1. The Morgan fingerprint density at radius 1 is 1.24 bits per heavy atom. The smallest absolute Gasteiger partial charge is 0.340 e. The van der Waals surface area contributed by atoms with Gasteiger partial charge in [0.15, 0.2) is 0 Å². The lowest BCUT2D eigenvalue weighted by Gasteiger charge is -2.08. The molecule has 2 aromatic rings. The van der Waals surface area contributed by atoms with Crippen molar-refractivity contribution in [3.8, 4) is 5.75 Å². The molecule has 6 heteroatoms. The number of carbonyl (C=O) groups is 2. The highest BCUT2D eigenvalue weighted by Crippen LogP contribution is 2.33. The number of anilines is 1. The first-order valence-electron chi connectivity index (χ1n) is 8.22. The average molecular weight is 361 g/mol. The summed E-state index contributed by atoms with van der Waals surface area (Å²) < 4.78 is 10.4. The molecular weight excluding hydrogens is 338 g/mol. The van der Waals surface area contributed by atoms with Gasteiger partial charge in [-0.15, -0.1) is 11.3 Å². The van der Waals surface area contributed by atoms with E-state index in [1.54, 1.807) is 24.3 Å². The predicted molar refractivity (Wildman–Crippen MR) is 99.9 cm³/mol. The predicted octanol–water partition coefficient (Wildman–Crippen LogP) is 4.70. The SMILES string of the molecule is CCCOc1cccc(C(=O)Nc2sc(C(C)C)cc2C(=O)OC)c1. The van der Waals surface area contributed by atoms with Crippen molar-refractivity contribution in [2.75, 3.05) is 19.0 Å². The van der Waals surface area contributed by atoms with Gasteiger partial charge in [-0.2, -0.15) is 0 Å². The Morgan fingerprint density at radius 3 is 2.64 bits per heavy atom. The number of methoxy groups -OCH3 is 1. The fourth-order valence-corrected chi connectivity index (χ4v) is 3.22. The number of hydrogen-bond donors (Lipinski definition) is 1. The molecule has 1 amide bonds. The van der Waals surface area contributed by atoms with Crippen LogP contribution in [0.1, 0.15) is 58.7 Å². The van der Waals surface area contributed by atoms with Crippen LogP contribution in [0.4, 0.5) is 5.00 Å². The Balaban J connectivity index is 2.24. The summed E-state index contributed by atoms with van der Waals surface area (Å²) >= 11 is 1.39. The number of nitrogens with one attached hydrogen (secondary N) is 1. The van der Waals surface area contributed by atoms with E-state index in [1.165, 1.54) is 18.4 Å². The molecule has 0 unspecified atom stereocenters. The summed E-state index contributed by atoms with van der Waals surface area (Å²) in [6.07, 6.45) is 0.895. The number of thiophene rings is 1. The van der Waals surface area contributed by atoms with E-state index in [0.717, 1.165) is 11.3 Å². The van der Waals surface area contributed by atoms with Crippen molar-refractivity contribution in [2.45, 2.75) is 33.1 Å². The van der Waals surface area contributed by atoms with Gasteiger partial charge in [-0.25, -0.2) is 4.79 Å². The molecule has 0 atom stereocenters. The van der Waals surface area contributed by atoms with Gasteiger partial charge >= 0.3 is 5.97 Å². The molecule has 25 heavy (non-hydrogen) atoms. The molecule has 1 N–H and O–H groups in total. The second kappa shape index (κ2) is 8.67. The van der Waals surface area contributed by atoms with Crippen molar-refractivity contribution >= 4 is 28.2 Å². The van der Waals surface area contributed by atoms with Gasteiger partial charge in [0.1, 0.15) is 10.8 Å². The van der Waals surface area contributed by atoms with Crippen molar-refractivity contribution in [1.82, 2.24) is 0 Å². The highest BCUT2D eigenvalue weighted by Gasteiger charge is 2.20. The zero-order valence-electron chi connectivity index (χ0n) is 14.9. The average Bonchev–Trinajstić information content (AvgIpc) is 3.03. The Labute approximate surface area is 152 Å². The quantitative estimate of drug-likeness (QED) is 0.726. The molecule has 1 aromatic carbocycles. The summed E-state index contributed by atoms with van der Waals surface area (Å²) in [5.74, 6) is 0.157. The molecule has 1 heterocycles. The minimum Gasteiger partial charge on any atom is -0.494 e. The first-order valence-corrected chi connectivity index (χ1v) is 9.04. The molecule has 0 aliphatic rings. The number of carbonyl (C=O) groups excluding carboxylic acids is 2. The number of esters is 1. The number of ether oxygens (including phenoxy) is 2. The van der Waals surface area contributed by atoms with Gasteiger partial charge in [0.25, 0.3) is 5.91 Å². The third-order valence-corrected chi connectivity index (χ3v) is 4.87. The summed E-state index contributed by atoms with van der Waals surface area (Å²) in [6, 6.07) is 8.77. The second-order valence-corrected chi connectivity index (χ2v) is 6.95. The largest absolute Gasteiger partial charge is 0.494 e. The molecule has 0 radical (unpaired) electrons. The molecule has 0 spiro atoms. The fourth-order valence-electron chi connectivity index (χ4n) is 2.17. The van der Waals surface area contributed by atoms with Crippen LogP contribution in [0.25, 0.3) is 0 Å². The number of hydrogen-bond acceptors (Lipinski definition) is 5. The standard InChI is InChI=1S/C19H23NO4S/c1-5-9-24-14-8-6-7-13(10-14)17(21)20-18-15(19(22)23-4)11-16(25-18)12(2)3/h6-8,10-12H,5,9H2,1-4H3,(H,20,21). The Bertz CT molecular complexity index is 752. The number of amides is 1. The zero-order chi connectivity index (χ0) is 18.4. The van der Waals surface area contributed by atoms with E-state index in [9.17, 15) is 9.59 Å². The van der Waals surface area contributed by atoms with Crippen LogP contribution in [0.2, 0.25) is 0 Å². The van der Waals surface area contributed by atoms with E-state index in [0.29, 0.717) is 28.5 Å². The van der Waals surface area contributed by atoms with E-state index in [1.807, 2.05) is 26.8 Å². The maximum Gasteiger partial charge on any atom is 0.340 e. The van der Waals surface area contributed by atoms with Crippen LogP contribution >= 0.6 is 11.3 Å². The summed E-state index contributed by atoms with van der Waals surface area (Å²) in [7, 11) is 1.33. The Morgan fingerprint density at radius 2 is 2.00 bits per heavy atom. The fraction of sp³-hybridized carbons (Fsp3) is 0.368. The highest BCUT2D eigenvalue weighted by molar-refractivity contribution is 7.16. The minimum absolute atomic E-state index is 0.254. The summed E-state index contributed by atoms with van der Waals surface area (Å²) in [6.45, 7) is 6.69. The van der Waals surface area contributed by atoms with E-state index in [-0.39, 0.29) is 11.8 Å². The van der Waals surface area contributed by atoms with Crippen molar-refractivity contribution in [2.24, 2.45) is 0 Å². The Kier molecular flexibility index (Phi) is 6.58. The lowest BCUT2D eigenvalue weighted by molar-refractivity contribution is 0.0602. The minimum atomic E-state index is -0.460. The third kappa shape index (κ3) is 4.82. The first kappa shape index (κ1) is 19.0. The van der Waals surface area contributed by atoms with Crippen LogP contribution in [-0.4, -0.2) is 25.6 Å². The van der Waals surface area contributed by atoms with Gasteiger partial charge in [-0.3, -0.25) is 4.79 Å². The first-order chi connectivity index (χ1) is 12.0. The van der Waals surface area contributed by atoms with E-state index in [4.69, 9.17) is 9.47 Å². The summed E-state index contributed by atoms with van der Waals surface area (Å²) in [5, 5.41) is 3.32. The van der Waals surface area contributed by atoms with Crippen molar-refractivity contribution in [1.29, 1.82) is 0 Å². The van der Waals surface area contributed by atoms with E-state index >= 15 is 0 Å². The number of rotatable bonds is 7. The van der Waals surface area contributed by atoms with Crippen LogP contribution in [0, 0.1) is 0 Å². The van der Waals surface area contributed by atoms with Gasteiger partial charge < -0.3 is 14.8 Å².